The molecule has 0 spiro atoms. The number of hydrogen-bond acceptors (Lipinski definition) is 3. The van der Waals surface area contributed by atoms with Crippen molar-refractivity contribution in [1.29, 1.82) is 0 Å². The Morgan fingerprint density at radius 3 is 2.31 bits per heavy atom. The van der Waals surface area contributed by atoms with E-state index in [-0.39, 0.29) is 12.5 Å². The topological polar surface area (TPSA) is 35.5 Å². The number of carbonyl (C=O) groups excluding carboxylic acids is 1. The van der Waals surface area contributed by atoms with Gasteiger partial charge in [0.2, 0.25) is 0 Å². The van der Waals surface area contributed by atoms with Crippen LogP contribution in [-0.4, -0.2) is 12.8 Å². The maximum absolute atomic E-state index is 10.5. The Morgan fingerprint density at radius 1 is 1.38 bits per heavy atom. The standard InChI is InChI=1S/C10H11O3/c1-4-6-9(7-5-2)8-13-10(11)12-3/h1-2,9H,3,6-8H2. The van der Waals surface area contributed by atoms with E-state index in [0.717, 1.165) is 0 Å². The zero-order chi connectivity index (χ0) is 10.1. The fourth-order valence-electron chi connectivity index (χ4n) is 0.751. The summed E-state index contributed by atoms with van der Waals surface area (Å²) in [4.78, 5) is 10.5. The molecule has 0 bridgehead atoms. The first kappa shape index (κ1) is 11.4. The summed E-state index contributed by atoms with van der Waals surface area (Å²) in [6.45, 7) is 0.169. The average molecular weight is 179 g/mol. The van der Waals surface area contributed by atoms with Crippen molar-refractivity contribution in [1.82, 2.24) is 0 Å². The number of hydrogen-bond donors (Lipinski definition) is 0. The molecule has 0 aromatic heterocycles. The Balaban J connectivity index is 3.77. The lowest BCUT2D eigenvalue weighted by Crippen LogP contribution is -2.13. The van der Waals surface area contributed by atoms with Crippen molar-refractivity contribution < 1.29 is 14.3 Å². The second kappa shape index (κ2) is 7.06. The molecule has 3 heteroatoms. The molecule has 0 N–H and O–H groups in total. The van der Waals surface area contributed by atoms with E-state index in [1.807, 2.05) is 0 Å². The second-order valence-electron chi connectivity index (χ2n) is 2.39. The Bertz CT molecular complexity index is 216. The fourth-order valence-corrected chi connectivity index (χ4v) is 0.751. The molecule has 0 unspecified atom stereocenters. The van der Waals surface area contributed by atoms with Crippen molar-refractivity contribution in [3.63, 3.8) is 0 Å². The molecular formula is C10H11O3. The zero-order valence-electron chi connectivity index (χ0n) is 7.29. The molecule has 0 aromatic carbocycles. The second-order valence-corrected chi connectivity index (χ2v) is 2.39. The highest BCUT2D eigenvalue weighted by molar-refractivity contribution is 5.59. The predicted molar refractivity (Wildman–Crippen MR) is 48.2 cm³/mol. The van der Waals surface area contributed by atoms with Crippen LogP contribution in [0.2, 0.25) is 0 Å². The third kappa shape index (κ3) is 5.64. The molecule has 0 atom stereocenters. The summed E-state index contributed by atoms with van der Waals surface area (Å²) in [6, 6.07) is 0. The van der Waals surface area contributed by atoms with Gasteiger partial charge in [0.05, 0.1) is 6.61 Å². The molecular weight excluding hydrogens is 168 g/mol. The van der Waals surface area contributed by atoms with Crippen molar-refractivity contribution in [2.45, 2.75) is 12.8 Å². The SMILES string of the molecule is C#CCC(CC#C)COC(=O)O[CH2]. The van der Waals surface area contributed by atoms with Crippen LogP contribution in [0.1, 0.15) is 12.8 Å². The third-order valence-electron chi connectivity index (χ3n) is 1.37. The molecule has 3 nitrogen and oxygen atoms in total. The Morgan fingerprint density at radius 2 is 1.92 bits per heavy atom. The summed E-state index contributed by atoms with van der Waals surface area (Å²) in [5.41, 5.74) is 0. The summed E-state index contributed by atoms with van der Waals surface area (Å²) in [5, 5.41) is 0. The van der Waals surface area contributed by atoms with Crippen LogP contribution < -0.4 is 0 Å². The summed E-state index contributed by atoms with van der Waals surface area (Å²) in [6.07, 6.45) is 10.3. The van der Waals surface area contributed by atoms with E-state index in [1.54, 1.807) is 0 Å². The molecule has 0 aliphatic carbocycles. The quantitative estimate of drug-likeness (QED) is 0.485. The minimum atomic E-state index is -0.820. The summed E-state index contributed by atoms with van der Waals surface area (Å²) >= 11 is 0. The third-order valence-corrected chi connectivity index (χ3v) is 1.37. The highest BCUT2D eigenvalue weighted by Gasteiger charge is 2.09. The van der Waals surface area contributed by atoms with E-state index in [9.17, 15) is 4.79 Å². The zero-order valence-corrected chi connectivity index (χ0v) is 7.29. The molecule has 0 saturated heterocycles. The van der Waals surface area contributed by atoms with Gasteiger partial charge in [-0.25, -0.2) is 4.79 Å². The van der Waals surface area contributed by atoms with E-state index >= 15 is 0 Å². The first-order valence-corrected chi connectivity index (χ1v) is 3.70. The molecule has 0 fully saturated rings. The molecule has 0 aliphatic heterocycles. The lowest BCUT2D eigenvalue weighted by atomic mass is 10.0. The van der Waals surface area contributed by atoms with Gasteiger partial charge in [0.15, 0.2) is 0 Å². The number of carbonyl (C=O) groups is 1. The predicted octanol–water partition coefficient (Wildman–Crippen LogP) is 1.59. The van der Waals surface area contributed by atoms with Gasteiger partial charge in [-0.3, -0.25) is 0 Å². The summed E-state index contributed by atoms with van der Waals surface area (Å²) in [7, 11) is 2.90. The van der Waals surface area contributed by atoms with E-state index in [1.165, 1.54) is 0 Å². The summed E-state index contributed by atoms with van der Waals surface area (Å²) < 4.78 is 8.69. The Kier molecular flexibility index (Phi) is 6.19. The maximum Gasteiger partial charge on any atom is 0.508 e. The number of rotatable bonds is 4. The van der Waals surface area contributed by atoms with Crippen molar-refractivity contribution >= 4 is 6.16 Å². The van der Waals surface area contributed by atoms with Crippen molar-refractivity contribution in [3.05, 3.63) is 7.11 Å². The molecule has 0 heterocycles. The van der Waals surface area contributed by atoms with E-state index in [2.05, 4.69) is 28.4 Å². The average Bonchev–Trinajstić information content (AvgIpc) is 2.14. The maximum atomic E-state index is 10.5. The molecule has 0 rings (SSSR count). The van der Waals surface area contributed by atoms with Crippen LogP contribution in [0, 0.1) is 37.7 Å². The van der Waals surface area contributed by atoms with Crippen LogP contribution in [-0.2, 0) is 9.47 Å². The normalized spacial score (nSPS) is 8.62. The largest absolute Gasteiger partial charge is 0.508 e. The molecule has 0 aromatic rings. The van der Waals surface area contributed by atoms with Crippen molar-refractivity contribution in [2.24, 2.45) is 5.92 Å². The molecule has 0 saturated carbocycles. The van der Waals surface area contributed by atoms with Crippen LogP contribution in [0.25, 0.3) is 0 Å². The van der Waals surface area contributed by atoms with Gasteiger partial charge in [-0.15, -0.1) is 24.7 Å². The van der Waals surface area contributed by atoms with Crippen LogP contribution in [0.15, 0.2) is 0 Å². The van der Waals surface area contributed by atoms with Crippen molar-refractivity contribution in [2.75, 3.05) is 6.61 Å². The highest BCUT2D eigenvalue weighted by Crippen LogP contribution is 2.07. The molecule has 13 heavy (non-hydrogen) atoms. The van der Waals surface area contributed by atoms with Gasteiger partial charge in [0.1, 0.15) is 7.11 Å². The lowest BCUT2D eigenvalue weighted by molar-refractivity contribution is 0.0703. The van der Waals surface area contributed by atoms with E-state index in [0.29, 0.717) is 12.8 Å². The van der Waals surface area contributed by atoms with Gasteiger partial charge in [-0.05, 0) is 0 Å². The monoisotopic (exact) mass is 179 g/mol. The smallest absolute Gasteiger partial charge is 0.434 e. The van der Waals surface area contributed by atoms with Crippen LogP contribution in [0.3, 0.4) is 0 Å². The van der Waals surface area contributed by atoms with E-state index < -0.39 is 6.16 Å². The van der Waals surface area contributed by atoms with E-state index in [4.69, 9.17) is 12.8 Å². The molecule has 0 aliphatic rings. The van der Waals surface area contributed by atoms with Crippen LogP contribution in [0.4, 0.5) is 4.79 Å². The molecule has 0 amide bonds. The first-order valence-electron chi connectivity index (χ1n) is 3.70. The van der Waals surface area contributed by atoms with Crippen molar-refractivity contribution in [3.8, 4) is 24.7 Å². The number of terminal acetylenes is 2. The van der Waals surface area contributed by atoms with Gasteiger partial charge < -0.3 is 9.47 Å². The molecule has 69 valence electrons. The van der Waals surface area contributed by atoms with Gasteiger partial charge in [-0.1, -0.05) is 0 Å². The van der Waals surface area contributed by atoms with Crippen LogP contribution >= 0.6 is 0 Å². The van der Waals surface area contributed by atoms with Gasteiger partial charge >= 0.3 is 6.16 Å². The minimum absolute atomic E-state index is 0.00546. The van der Waals surface area contributed by atoms with Gasteiger partial charge in [0.25, 0.3) is 0 Å². The van der Waals surface area contributed by atoms with Gasteiger partial charge in [-0.2, -0.15) is 0 Å². The minimum Gasteiger partial charge on any atom is -0.434 e. The Labute approximate surface area is 78.4 Å². The van der Waals surface area contributed by atoms with Gasteiger partial charge in [0, 0.05) is 18.8 Å². The Hall–Kier alpha value is -1.61. The molecule has 1 radical (unpaired) electrons. The highest BCUT2D eigenvalue weighted by atomic mass is 16.7. The lowest BCUT2D eigenvalue weighted by Gasteiger charge is -2.10. The number of ether oxygens (including phenoxy) is 2. The first-order chi connectivity index (χ1) is 6.24. The summed E-state index contributed by atoms with van der Waals surface area (Å²) in [5.74, 6) is 4.90. The fraction of sp³-hybridized carbons (Fsp3) is 0.400. The van der Waals surface area contributed by atoms with Crippen LogP contribution in [0.5, 0.6) is 0 Å².